The highest BCUT2D eigenvalue weighted by molar-refractivity contribution is 7.12. The standard InChI is InChI=1S/C13H17N5OS/c1-8-3-4-12(20-8)9(2)15-13(19)11-7-18(17-16-11)10-5-14-6-10/h3-4,7,9-10,14H,5-6H2,1-2H3,(H,15,19). The smallest absolute Gasteiger partial charge is 0.273 e. The third-order valence-corrected chi connectivity index (χ3v) is 4.60. The summed E-state index contributed by atoms with van der Waals surface area (Å²) in [6.07, 6.45) is 1.72. The maximum Gasteiger partial charge on any atom is 0.273 e. The van der Waals surface area contributed by atoms with Crippen molar-refractivity contribution in [3.8, 4) is 0 Å². The topological polar surface area (TPSA) is 71.8 Å². The Morgan fingerprint density at radius 2 is 2.35 bits per heavy atom. The van der Waals surface area contributed by atoms with Gasteiger partial charge in [-0.15, -0.1) is 16.4 Å². The van der Waals surface area contributed by atoms with Crippen LogP contribution in [0.3, 0.4) is 0 Å². The lowest BCUT2D eigenvalue weighted by molar-refractivity contribution is 0.0935. The van der Waals surface area contributed by atoms with E-state index in [0.717, 1.165) is 18.0 Å². The molecule has 1 aliphatic heterocycles. The van der Waals surface area contributed by atoms with Gasteiger partial charge in [-0.2, -0.15) is 0 Å². The Balaban J connectivity index is 1.65. The van der Waals surface area contributed by atoms with Crippen LogP contribution in [0.4, 0.5) is 0 Å². The van der Waals surface area contributed by atoms with Crippen LogP contribution in [0.2, 0.25) is 0 Å². The molecule has 1 fully saturated rings. The molecule has 1 amide bonds. The average Bonchev–Trinajstić information content (AvgIpc) is 2.96. The molecule has 0 spiro atoms. The zero-order valence-electron chi connectivity index (χ0n) is 11.5. The summed E-state index contributed by atoms with van der Waals surface area (Å²) < 4.78 is 1.76. The van der Waals surface area contributed by atoms with Gasteiger partial charge in [0, 0.05) is 22.8 Å². The first kappa shape index (κ1) is 13.3. The van der Waals surface area contributed by atoms with Crippen LogP contribution < -0.4 is 10.6 Å². The number of nitrogens with zero attached hydrogens (tertiary/aromatic N) is 3. The molecule has 0 bridgehead atoms. The van der Waals surface area contributed by atoms with Crippen molar-refractivity contribution >= 4 is 17.2 Å². The molecule has 0 aliphatic carbocycles. The van der Waals surface area contributed by atoms with Gasteiger partial charge >= 0.3 is 0 Å². The van der Waals surface area contributed by atoms with E-state index in [0.29, 0.717) is 11.7 Å². The number of carbonyl (C=O) groups excluding carboxylic acids is 1. The third kappa shape index (κ3) is 2.59. The summed E-state index contributed by atoms with van der Waals surface area (Å²) >= 11 is 1.69. The number of carbonyl (C=O) groups is 1. The maximum atomic E-state index is 12.1. The summed E-state index contributed by atoms with van der Waals surface area (Å²) in [7, 11) is 0. The minimum absolute atomic E-state index is 0.0169. The Kier molecular flexibility index (Phi) is 3.54. The van der Waals surface area contributed by atoms with Gasteiger partial charge in [-0.1, -0.05) is 5.21 Å². The van der Waals surface area contributed by atoms with E-state index in [-0.39, 0.29) is 11.9 Å². The van der Waals surface area contributed by atoms with Gasteiger partial charge < -0.3 is 10.6 Å². The molecule has 0 aromatic carbocycles. The number of hydrogen-bond acceptors (Lipinski definition) is 5. The quantitative estimate of drug-likeness (QED) is 0.890. The van der Waals surface area contributed by atoms with Crippen molar-refractivity contribution in [1.29, 1.82) is 0 Å². The highest BCUT2D eigenvalue weighted by Crippen LogP contribution is 2.22. The second-order valence-electron chi connectivity index (χ2n) is 5.04. The van der Waals surface area contributed by atoms with Gasteiger partial charge in [-0.3, -0.25) is 4.79 Å². The largest absolute Gasteiger partial charge is 0.343 e. The van der Waals surface area contributed by atoms with Crippen LogP contribution in [0.5, 0.6) is 0 Å². The normalized spacial score (nSPS) is 16.7. The van der Waals surface area contributed by atoms with E-state index in [4.69, 9.17) is 0 Å². The molecule has 20 heavy (non-hydrogen) atoms. The first-order chi connectivity index (χ1) is 9.63. The van der Waals surface area contributed by atoms with Crippen LogP contribution >= 0.6 is 11.3 Å². The first-order valence-corrected chi connectivity index (χ1v) is 7.45. The molecule has 7 heteroatoms. The number of aromatic nitrogens is 3. The molecular formula is C13H17N5OS. The number of aryl methyl sites for hydroxylation is 1. The third-order valence-electron chi connectivity index (χ3n) is 3.41. The molecule has 106 valence electrons. The van der Waals surface area contributed by atoms with E-state index in [1.807, 2.05) is 13.0 Å². The summed E-state index contributed by atoms with van der Waals surface area (Å²) in [5.74, 6) is -0.179. The zero-order valence-corrected chi connectivity index (χ0v) is 12.3. The Bertz CT molecular complexity index is 616. The van der Waals surface area contributed by atoms with Crippen LogP contribution in [-0.4, -0.2) is 34.0 Å². The van der Waals surface area contributed by atoms with Crippen LogP contribution in [0, 0.1) is 6.92 Å². The Morgan fingerprint density at radius 3 is 2.95 bits per heavy atom. The van der Waals surface area contributed by atoms with Gasteiger partial charge in [0.2, 0.25) is 0 Å². The van der Waals surface area contributed by atoms with E-state index >= 15 is 0 Å². The summed E-state index contributed by atoms with van der Waals surface area (Å²) in [6.45, 7) is 5.80. The Labute approximate surface area is 121 Å². The van der Waals surface area contributed by atoms with Crippen molar-refractivity contribution in [1.82, 2.24) is 25.6 Å². The average molecular weight is 291 g/mol. The van der Waals surface area contributed by atoms with Crippen LogP contribution in [0.1, 0.15) is 39.3 Å². The molecule has 0 saturated carbocycles. The second-order valence-corrected chi connectivity index (χ2v) is 6.36. The number of amides is 1. The summed E-state index contributed by atoms with van der Waals surface area (Å²) in [5.41, 5.74) is 0.372. The van der Waals surface area contributed by atoms with Gasteiger partial charge in [0.05, 0.1) is 18.3 Å². The number of thiophene rings is 1. The fourth-order valence-electron chi connectivity index (χ4n) is 2.05. The van der Waals surface area contributed by atoms with Crippen molar-refractivity contribution < 1.29 is 4.79 Å². The fourth-order valence-corrected chi connectivity index (χ4v) is 2.93. The number of hydrogen-bond donors (Lipinski definition) is 2. The highest BCUT2D eigenvalue weighted by atomic mass is 32.1. The zero-order chi connectivity index (χ0) is 14.1. The molecule has 1 unspecified atom stereocenters. The first-order valence-electron chi connectivity index (χ1n) is 6.63. The minimum Gasteiger partial charge on any atom is -0.343 e. The van der Waals surface area contributed by atoms with E-state index in [1.165, 1.54) is 4.88 Å². The second kappa shape index (κ2) is 5.34. The van der Waals surface area contributed by atoms with Crippen molar-refractivity contribution in [3.63, 3.8) is 0 Å². The van der Waals surface area contributed by atoms with E-state index in [1.54, 1.807) is 22.2 Å². The molecule has 3 rings (SSSR count). The van der Waals surface area contributed by atoms with Gasteiger partial charge in [-0.05, 0) is 26.0 Å². The Morgan fingerprint density at radius 1 is 1.55 bits per heavy atom. The number of nitrogens with one attached hydrogen (secondary N) is 2. The summed E-state index contributed by atoms with van der Waals surface area (Å²) in [4.78, 5) is 14.5. The van der Waals surface area contributed by atoms with Crippen molar-refractivity contribution in [3.05, 3.63) is 33.8 Å². The van der Waals surface area contributed by atoms with E-state index in [9.17, 15) is 4.79 Å². The van der Waals surface area contributed by atoms with Crippen LogP contribution in [0.25, 0.3) is 0 Å². The van der Waals surface area contributed by atoms with E-state index in [2.05, 4.69) is 33.9 Å². The van der Waals surface area contributed by atoms with Crippen molar-refractivity contribution in [2.75, 3.05) is 13.1 Å². The molecule has 3 heterocycles. The minimum atomic E-state index is -0.179. The SMILES string of the molecule is Cc1ccc(C(C)NC(=O)c2cn(C3CNC3)nn2)s1. The van der Waals surface area contributed by atoms with E-state index < -0.39 is 0 Å². The van der Waals surface area contributed by atoms with Crippen molar-refractivity contribution in [2.24, 2.45) is 0 Å². The lowest BCUT2D eigenvalue weighted by Crippen LogP contribution is -2.43. The molecule has 2 aromatic heterocycles. The monoisotopic (exact) mass is 291 g/mol. The van der Waals surface area contributed by atoms with Crippen LogP contribution in [-0.2, 0) is 0 Å². The predicted molar refractivity (Wildman–Crippen MR) is 76.9 cm³/mol. The van der Waals surface area contributed by atoms with Crippen molar-refractivity contribution in [2.45, 2.75) is 25.9 Å². The van der Waals surface area contributed by atoms with Gasteiger partial charge in [-0.25, -0.2) is 4.68 Å². The predicted octanol–water partition coefficient (Wildman–Crippen LogP) is 1.28. The lowest BCUT2D eigenvalue weighted by atomic mass is 10.2. The Hall–Kier alpha value is -1.73. The molecule has 6 nitrogen and oxygen atoms in total. The van der Waals surface area contributed by atoms with Crippen LogP contribution in [0.15, 0.2) is 18.3 Å². The molecular weight excluding hydrogens is 274 g/mol. The van der Waals surface area contributed by atoms with Gasteiger partial charge in [0.15, 0.2) is 5.69 Å². The molecule has 1 atom stereocenters. The molecule has 2 aromatic rings. The lowest BCUT2D eigenvalue weighted by Gasteiger charge is -2.26. The molecule has 2 N–H and O–H groups in total. The number of rotatable bonds is 4. The highest BCUT2D eigenvalue weighted by Gasteiger charge is 2.22. The van der Waals surface area contributed by atoms with Gasteiger partial charge in [0.25, 0.3) is 5.91 Å². The molecule has 0 radical (unpaired) electrons. The molecule has 1 aliphatic rings. The maximum absolute atomic E-state index is 12.1. The molecule has 1 saturated heterocycles. The fraction of sp³-hybridized carbons (Fsp3) is 0.462. The summed E-state index contributed by atoms with van der Waals surface area (Å²) in [5, 5.41) is 14.1. The summed E-state index contributed by atoms with van der Waals surface area (Å²) in [6, 6.07) is 4.41. The van der Waals surface area contributed by atoms with Gasteiger partial charge in [0.1, 0.15) is 0 Å².